The number of rotatable bonds is 10. The van der Waals surface area contributed by atoms with Gasteiger partial charge in [-0.2, -0.15) is 0 Å². The van der Waals surface area contributed by atoms with E-state index in [1.165, 1.54) is 29.5 Å². The van der Waals surface area contributed by atoms with E-state index in [1.54, 1.807) is 7.11 Å². The van der Waals surface area contributed by atoms with Crippen LogP contribution in [0.1, 0.15) is 47.9 Å². The van der Waals surface area contributed by atoms with Crippen molar-refractivity contribution in [1.29, 1.82) is 0 Å². The summed E-state index contributed by atoms with van der Waals surface area (Å²) in [5.41, 5.74) is 7.11. The number of halogens is 1. The second-order valence-corrected chi connectivity index (χ2v) is 11.4. The molecule has 0 spiro atoms. The van der Waals surface area contributed by atoms with Crippen LogP contribution in [0.25, 0.3) is 11.1 Å². The number of benzene rings is 3. The maximum atomic E-state index is 13.0. The molecular weight excluding hydrogens is 508 g/mol. The van der Waals surface area contributed by atoms with Gasteiger partial charge in [0.2, 0.25) is 5.91 Å². The van der Waals surface area contributed by atoms with Crippen LogP contribution in [0.4, 0.5) is 0 Å². The van der Waals surface area contributed by atoms with E-state index in [-0.39, 0.29) is 11.9 Å². The molecule has 5 nitrogen and oxygen atoms in total. The van der Waals surface area contributed by atoms with Gasteiger partial charge in [-0.15, -0.1) is 0 Å². The predicted molar refractivity (Wildman–Crippen MR) is 157 cm³/mol. The van der Waals surface area contributed by atoms with Crippen molar-refractivity contribution < 1.29 is 14.3 Å². The Hall–Kier alpha value is -2.86. The smallest absolute Gasteiger partial charge is 0.224 e. The fourth-order valence-electron chi connectivity index (χ4n) is 6.23. The summed E-state index contributed by atoms with van der Waals surface area (Å²) in [6, 6.07) is 21.6. The van der Waals surface area contributed by atoms with E-state index < -0.39 is 0 Å². The van der Waals surface area contributed by atoms with Gasteiger partial charge in [-0.3, -0.25) is 9.69 Å². The number of nitrogens with one attached hydrogen (secondary N) is 1. The van der Waals surface area contributed by atoms with Crippen LogP contribution < -0.4 is 10.1 Å². The van der Waals surface area contributed by atoms with Gasteiger partial charge in [-0.25, -0.2) is 0 Å². The second kappa shape index (κ2) is 12.5. The molecule has 1 N–H and O–H groups in total. The lowest BCUT2D eigenvalue weighted by Crippen LogP contribution is -2.50. The fourth-order valence-corrected chi connectivity index (χ4v) is 6.35. The van der Waals surface area contributed by atoms with Gasteiger partial charge in [0.15, 0.2) is 0 Å². The zero-order valence-corrected chi connectivity index (χ0v) is 24.0. The molecule has 2 bridgehead atoms. The lowest BCUT2D eigenvalue weighted by Gasteiger charge is -2.39. The molecule has 2 atom stereocenters. The molecule has 1 amide bonds. The number of hydrogen-bond acceptors (Lipinski definition) is 4. The number of piperidine rings is 1. The van der Waals surface area contributed by atoms with Gasteiger partial charge in [0, 0.05) is 36.8 Å². The summed E-state index contributed by atoms with van der Waals surface area (Å²) in [6.07, 6.45) is 4.84. The molecule has 2 heterocycles. The fraction of sp³-hybridized carbons (Fsp3) is 0.424. The first-order chi connectivity index (χ1) is 18.9. The highest BCUT2D eigenvalue weighted by Gasteiger charge is 2.41. The standard InChI is InChI=1S/C33H39ClN2O3/c1-22-23(2)32(39-16-15-38-3)14-9-27(22)21-36-30-12-13-31(36)20-29(19-30)35-33(37)18-24-5-4-6-26(17-24)25-7-10-28(34)11-8-25/h4-11,14,17,29-31H,12-13,15-16,18-21H2,1-3H3,(H,35,37). The maximum absolute atomic E-state index is 13.0. The van der Waals surface area contributed by atoms with Crippen LogP contribution in [-0.4, -0.2) is 49.3 Å². The lowest BCUT2D eigenvalue weighted by molar-refractivity contribution is -0.121. The van der Waals surface area contributed by atoms with Gasteiger partial charge >= 0.3 is 0 Å². The molecule has 0 aliphatic carbocycles. The van der Waals surface area contributed by atoms with E-state index in [0.29, 0.717) is 31.7 Å². The summed E-state index contributed by atoms with van der Waals surface area (Å²) in [6.45, 7) is 6.45. The third kappa shape index (κ3) is 6.66. The van der Waals surface area contributed by atoms with E-state index in [9.17, 15) is 4.79 Å². The number of carbonyl (C=O) groups is 1. The topological polar surface area (TPSA) is 50.8 Å². The van der Waals surface area contributed by atoms with Crippen LogP contribution in [0.3, 0.4) is 0 Å². The van der Waals surface area contributed by atoms with Gasteiger partial charge in [0.05, 0.1) is 13.0 Å². The number of fused-ring (bicyclic) bond motifs is 2. The highest BCUT2D eigenvalue weighted by Crippen LogP contribution is 2.38. The highest BCUT2D eigenvalue weighted by molar-refractivity contribution is 6.30. The van der Waals surface area contributed by atoms with Crippen molar-refractivity contribution in [3.63, 3.8) is 0 Å². The van der Waals surface area contributed by atoms with Gasteiger partial charge < -0.3 is 14.8 Å². The quantitative estimate of drug-likeness (QED) is 0.295. The Morgan fingerprint density at radius 3 is 2.41 bits per heavy atom. The molecule has 3 aromatic carbocycles. The second-order valence-electron chi connectivity index (χ2n) is 11.0. The predicted octanol–water partition coefficient (Wildman–Crippen LogP) is 6.50. The Bertz CT molecular complexity index is 1280. The summed E-state index contributed by atoms with van der Waals surface area (Å²) in [5, 5.41) is 4.08. The largest absolute Gasteiger partial charge is 0.491 e. The first kappa shape index (κ1) is 27.7. The lowest BCUT2D eigenvalue weighted by atomic mass is 9.94. The van der Waals surface area contributed by atoms with E-state index in [0.717, 1.165) is 46.8 Å². The summed E-state index contributed by atoms with van der Waals surface area (Å²) in [4.78, 5) is 15.7. The van der Waals surface area contributed by atoms with Crippen LogP contribution in [-0.2, 0) is 22.5 Å². The number of hydrogen-bond donors (Lipinski definition) is 1. The van der Waals surface area contributed by atoms with Crippen molar-refractivity contribution in [1.82, 2.24) is 10.2 Å². The van der Waals surface area contributed by atoms with Crippen molar-refractivity contribution >= 4 is 17.5 Å². The molecule has 5 rings (SSSR count). The van der Waals surface area contributed by atoms with Crippen LogP contribution in [0, 0.1) is 13.8 Å². The zero-order chi connectivity index (χ0) is 27.4. The Kier molecular flexibility index (Phi) is 8.91. The summed E-state index contributed by atoms with van der Waals surface area (Å²) in [7, 11) is 1.69. The number of ether oxygens (including phenoxy) is 2. The Balaban J connectivity index is 1.16. The molecule has 2 aliphatic heterocycles. The molecule has 0 radical (unpaired) electrons. The van der Waals surface area contributed by atoms with E-state index in [2.05, 4.69) is 48.3 Å². The number of nitrogens with zero attached hydrogens (tertiary/aromatic N) is 1. The molecular formula is C33H39ClN2O3. The molecule has 0 aromatic heterocycles. The van der Waals surface area contributed by atoms with Gasteiger partial charge in [0.1, 0.15) is 12.4 Å². The van der Waals surface area contributed by atoms with E-state index in [1.807, 2.05) is 36.4 Å². The van der Waals surface area contributed by atoms with Crippen molar-refractivity contribution in [3.05, 3.63) is 87.9 Å². The Morgan fingerprint density at radius 1 is 0.949 bits per heavy atom. The third-order valence-corrected chi connectivity index (χ3v) is 8.72. The Labute approximate surface area is 237 Å². The summed E-state index contributed by atoms with van der Waals surface area (Å²) >= 11 is 6.04. The zero-order valence-electron chi connectivity index (χ0n) is 23.2. The molecule has 206 valence electrons. The van der Waals surface area contributed by atoms with Crippen LogP contribution in [0.2, 0.25) is 5.02 Å². The average molecular weight is 547 g/mol. The number of methoxy groups -OCH3 is 1. The first-order valence-electron chi connectivity index (χ1n) is 14.0. The third-order valence-electron chi connectivity index (χ3n) is 8.47. The van der Waals surface area contributed by atoms with Gasteiger partial charge in [-0.05, 0) is 91.1 Å². The van der Waals surface area contributed by atoms with Gasteiger partial charge in [0.25, 0.3) is 0 Å². The normalized spacial score (nSPS) is 20.7. The Morgan fingerprint density at radius 2 is 1.69 bits per heavy atom. The minimum absolute atomic E-state index is 0.108. The van der Waals surface area contributed by atoms with E-state index in [4.69, 9.17) is 21.1 Å². The van der Waals surface area contributed by atoms with Crippen LogP contribution >= 0.6 is 11.6 Å². The molecule has 6 heteroatoms. The number of amides is 1. The minimum atomic E-state index is 0.108. The first-order valence-corrected chi connectivity index (χ1v) is 14.4. The molecule has 2 unspecified atom stereocenters. The maximum Gasteiger partial charge on any atom is 0.224 e. The summed E-state index contributed by atoms with van der Waals surface area (Å²) in [5.74, 6) is 1.05. The van der Waals surface area contributed by atoms with E-state index >= 15 is 0 Å². The van der Waals surface area contributed by atoms with Crippen molar-refractivity contribution in [2.24, 2.45) is 0 Å². The van der Waals surface area contributed by atoms with Crippen LogP contribution in [0.15, 0.2) is 60.7 Å². The molecule has 0 saturated carbocycles. The average Bonchev–Trinajstić information content (AvgIpc) is 3.15. The van der Waals surface area contributed by atoms with Crippen LogP contribution in [0.5, 0.6) is 5.75 Å². The highest BCUT2D eigenvalue weighted by atomic mass is 35.5. The SMILES string of the molecule is COCCOc1ccc(CN2C3CCC2CC(NC(=O)Cc2cccc(-c4ccc(Cl)cc4)c2)C3)c(C)c1C. The molecule has 39 heavy (non-hydrogen) atoms. The number of carbonyl (C=O) groups excluding carboxylic acids is 1. The molecule has 2 saturated heterocycles. The molecule has 2 fully saturated rings. The van der Waals surface area contributed by atoms with Crippen molar-refractivity contribution in [2.45, 2.75) is 70.6 Å². The summed E-state index contributed by atoms with van der Waals surface area (Å²) < 4.78 is 11.0. The van der Waals surface area contributed by atoms with Crippen molar-refractivity contribution in [3.8, 4) is 16.9 Å². The van der Waals surface area contributed by atoms with Gasteiger partial charge in [-0.1, -0.05) is 54.1 Å². The van der Waals surface area contributed by atoms with Crippen molar-refractivity contribution in [2.75, 3.05) is 20.3 Å². The monoisotopic (exact) mass is 546 g/mol. The molecule has 3 aromatic rings. The molecule has 2 aliphatic rings. The minimum Gasteiger partial charge on any atom is -0.491 e.